The van der Waals surface area contributed by atoms with Gasteiger partial charge in [-0.25, -0.2) is 0 Å². The number of rotatable bonds is 4. The molecule has 2 aromatic heterocycles. The van der Waals surface area contributed by atoms with Gasteiger partial charge in [-0.3, -0.25) is 19.0 Å². The van der Waals surface area contributed by atoms with Crippen molar-refractivity contribution in [1.29, 1.82) is 10.5 Å². The summed E-state index contributed by atoms with van der Waals surface area (Å²) in [7, 11) is 0. The quantitative estimate of drug-likeness (QED) is 0.517. The second kappa shape index (κ2) is 10.7. The molecule has 12 heteroatoms. The van der Waals surface area contributed by atoms with E-state index < -0.39 is 11.8 Å². The standard InChI is InChI=1S/2C11H15N5O/c2*12-5-7-3-1-2-4-9(7)16-6-8(11(14)17)10(13)15-16/h2*6-7,9H,1-4H2,(H2,13,15)(H2,14,17)/t7-,9+;7-,9-/m10/s1. The molecule has 2 aromatic rings. The van der Waals surface area contributed by atoms with Crippen LogP contribution >= 0.6 is 0 Å². The van der Waals surface area contributed by atoms with Crippen LogP contribution in [-0.4, -0.2) is 31.4 Å². The van der Waals surface area contributed by atoms with Crippen LogP contribution < -0.4 is 22.9 Å². The maximum atomic E-state index is 11.1. The van der Waals surface area contributed by atoms with E-state index in [0.717, 1.165) is 51.4 Å². The van der Waals surface area contributed by atoms with Crippen LogP contribution in [0.4, 0.5) is 11.6 Å². The van der Waals surface area contributed by atoms with Gasteiger partial charge in [-0.2, -0.15) is 20.7 Å². The predicted octanol–water partition coefficient (Wildman–Crippen LogP) is 1.64. The first-order valence-corrected chi connectivity index (χ1v) is 11.3. The number of amides is 2. The van der Waals surface area contributed by atoms with Crippen LogP contribution in [-0.2, 0) is 0 Å². The summed E-state index contributed by atoms with van der Waals surface area (Å²) in [5, 5.41) is 26.4. The fraction of sp³-hybridized carbons (Fsp3) is 0.545. The first-order chi connectivity index (χ1) is 16.3. The third-order valence-corrected chi connectivity index (χ3v) is 6.52. The number of hydrogen-bond acceptors (Lipinski definition) is 8. The highest BCUT2D eigenvalue weighted by Crippen LogP contribution is 2.34. The van der Waals surface area contributed by atoms with Crippen LogP contribution in [0.5, 0.6) is 0 Å². The van der Waals surface area contributed by atoms with Crippen LogP contribution in [0.2, 0.25) is 0 Å². The molecule has 2 fully saturated rings. The minimum atomic E-state index is -0.585. The SMILES string of the molecule is N#C[C@@H]1CCCC[C@@H]1n1cc(C(N)=O)c(N)n1.N#C[C@H]1CCCC[C@@H]1n1cc(C(N)=O)c(N)n1. The van der Waals surface area contributed by atoms with E-state index in [1.165, 1.54) is 0 Å². The Morgan fingerprint density at radius 1 is 0.765 bits per heavy atom. The summed E-state index contributed by atoms with van der Waals surface area (Å²) < 4.78 is 3.25. The highest BCUT2D eigenvalue weighted by atomic mass is 16.1. The van der Waals surface area contributed by atoms with E-state index in [0.29, 0.717) is 0 Å². The van der Waals surface area contributed by atoms with Crippen LogP contribution in [0, 0.1) is 34.5 Å². The number of anilines is 2. The van der Waals surface area contributed by atoms with Gasteiger partial charge in [0.1, 0.15) is 11.1 Å². The Balaban J connectivity index is 0.000000191. The van der Waals surface area contributed by atoms with Gasteiger partial charge in [-0.05, 0) is 25.7 Å². The molecular formula is C22H30N10O2. The van der Waals surface area contributed by atoms with Crippen molar-refractivity contribution in [3.05, 3.63) is 23.5 Å². The second-order valence-corrected chi connectivity index (χ2v) is 8.72. The van der Waals surface area contributed by atoms with Gasteiger partial charge >= 0.3 is 0 Å². The highest BCUT2D eigenvalue weighted by Gasteiger charge is 2.29. The number of nitrogens with zero attached hydrogens (tertiary/aromatic N) is 6. The first-order valence-electron chi connectivity index (χ1n) is 11.3. The number of carbonyl (C=O) groups is 2. The van der Waals surface area contributed by atoms with Crippen LogP contribution in [0.15, 0.2) is 12.4 Å². The maximum Gasteiger partial charge on any atom is 0.254 e. The van der Waals surface area contributed by atoms with Crippen molar-refractivity contribution in [1.82, 2.24) is 19.6 Å². The molecule has 2 amide bonds. The van der Waals surface area contributed by atoms with Gasteiger partial charge in [-0.15, -0.1) is 0 Å². The summed E-state index contributed by atoms with van der Waals surface area (Å²) in [6.45, 7) is 0. The molecule has 2 aliphatic carbocycles. The summed E-state index contributed by atoms with van der Waals surface area (Å²) >= 11 is 0. The van der Waals surface area contributed by atoms with Gasteiger partial charge in [0.25, 0.3) is 11.8 Å². The van der Waals surface area contributed by atoms with E-state index >= 15 is 0 Å². The zero-order chi connectivity index (χ0) is 24.8. The number of nitrogen functional groups attached to an aromatic ring is 2. The van der Waals surface area contributed by atoms with Crippen LogP contribution in [0.1, 0.15) is 84.2 Å². The molecule has 34 heavy (non-hydrogen) atoms. The molecule has 4 rings (SSSR count). The lowest BCUT2D eigenvalue weighted by molar-refractivity contribution is 0.0992. The summed E-state index contributed by atoms with van der Waals surface area (Å²) in [5.74, 6) is -1.02. The molecule has 8 N–H and O–H groups in total. The topological polar surface area (TPSA) is 221 Å². The average Bonchev–Trinajstić information content (AvgIpc) is 3.42. The molecule has 2 heterocycles. The lowest BCUT2D eigenvalue weighted by Crippen LogP contribution is -2.22. The van der Waals surface area contributed by atoms with Gasteiger partial charge in [0.15, 0.2) is 11.6 Å². The Kier molecular flexibility index (Phi) is 7.74. The summed E-state index contributed by atoms with van der Waals surface area (Å²) in [5.41, 5.74) is 22.1. The van der Waals surface area contributed by atoms with E-state index in [-0.39, 0.29) is 46.7 Å². The molecule has 0 radical (unpaired) electrons. The third-order valence-electron chi connectivity index (χ3n) is 6.52. The minimum Gasteiger partial charge on any atom is -0.382 e. The minimum absolute atomic E-state index is 0.00384. The smallest absolute Gasteiger partial charge is 0.254 e. The number of hydrogen-bond donors (Lipinski definition) is 4. The van der Waals surface area contributed by atoms with Crippen molar-refractivity contribution < 1.29 is 9.59 Å². The molecule has 2 aliphatic rings. The van der Waals surface area contributed by atoms with Crippen LogP contribution in [0.3, 0.4) is 0 Å². The molecular weight excluding hydrogens is 436 g/mol. The Labute approximate surface area is 197 Å². The summed E-state index contributed by atoms with van der Waals surface area (Å²) in [6.07, 6.45) is 10.9. The van der Waals surface area contributed by atoms with E-state index in [4.69, 9.17) is 33.5 Å². The van der Waals surface area contributed by atoms with Gasteiger partial charge in [0.2, 0.25) is 0 Å². The number of aromatic nitrogens is 4. The second-order valence-electron chi connectivity index (χ2n) is 8.72. The fourth-order valence-corrected chi connectivity index (χ4v) is 4.69. The van der Waals surface area contributed by atoms with E-state index in [2.05, 4.69) is 22.3 Å². The Morgan fingerprint density at radius 2 is 1.12 bits per heavy atom. The first kappa shape index (κ1) is 24.6. The monoisotopic (exact) mass is 466 g/mol. The van der Waals surface area contributed by atoms with Crippen molar-refractivity contribution in [3.63, 3.8) is 0 Å². The number of nitriles is 2. The Hall–Kier alpha value is -4.06. The van der Waals surface area contributed by atoms with Gasteiger partial charge < -0.3 is 22.9 Å². The van der Waals surface area contributed by atoms with E-state index in [9.17, 15) is 9.59 Å². The largest absolute Gasteiger partial charge is 0.382 e. The summed E-state index contributed by atoms with van der Waals surface area (Å²) in [4.78, 5) is 22.2. The summed E-state index contributed by atoms with van der Waals surface area (Å²) in [6, 6.07) is 4.59. The molecule has 4 atom stereocenters. The molecule has 180 valence electrons. The average molecular weight is 467 g/mol. The molecule has 12 nitrogen and oxygen atoms in total. The molecule has 0 bridgehead atoms. The number of nitrogens with two attached hydrogens (primary N) is 4. The Morgan fingerprint density at radius 3 is 1.41 bits per heavy atom. The molecule has 0 aromatic carbocycles. The van der Waals surface area contributed by atoms with Crippen molar-refractivity contribution in [3.8, 4) is 12.1 Å². The van der Waals surface area contributed by atoms with Gasteiger partial charge in [0.05, 0.1) is 36.1 Å². The zero-order valence-corrected chi connectivity index (χ0v) is 18.9. The Bertz CT molecular complexity index is 1030. The maximum absolute atomic E-state index is 11.1. The highest BCUT2D eigenvalue weighted by molar-refractivity contribution is 5.97. The van der Waals surface area contributed by atoms with Crippen molar-refractivity contribution in [2.24, 2.45) is 23.3 Å². The van der Waals surface area contributed by atoms with E-state index in [1.807, 2.05) is 0 Å². The fourth-order valence-electron chi connectivity index (χ4n) is 4.69. The van der Waals surface area contributed by atoms with Crippen molar-refractivity contribution in [2.75, 3.05) is 11.5 Å². The molecule has 0 aliphatic heterocycles. The number of primary amides is 2. The zero-order valence-electron chi connectivity index (χ0n) is 18.9. The van der Waals surface area contributed by atoms with Crippen molar-refractivity contribution >= 4 is 23.5 Å². The van der Waals surface area contributed by atoms with Crippen molar-refractivity contribution in [2.45, 2.75) is 63.5 Å². The molecule has 0 unspecified atom stereocenters. The van der Waals surface area contributed by atoms with Crippen LogP contribution in [0.25, 0.3) is 0 Å². The van der Waals surface area contributed by atoms with E-state index in [1.54, 1.807) is 21.8 Å². The van der Waals surface area contributed by atoms with Gasteiger partial charge in [-0.1, -0.05) is 25.7 Å². The van der Waals surface area contributed by atoms with Gasteiger partial charge in [0, 0.05) is 12.4 Å². The lowest BCUT2D eigenvalue weighted by atomic mass is 9.85. The number of carbonyl (C=O) groups excluding carboxylic acids is 2. The molecule has 0 saturated heterocycles. The normalized spacial score (nSPS) is 24.2. The predicted molar refractivity (Wildman–Crippen MR) is 124 cm³/mol. The molecule has 2 saturated carbocycles. The third kappa shape index (κ3) is 5.29. The molecule has 0 spiro atoms. The lowest BCUT2D eigenvalue weighted by Gasteiger charge is -2.26.